The molecule has 0 aromatic carbocycles. The smallest absolute Gasteiger partial charge is 0.427 e. The molecule has 0 aromatic rings. The second-order valence-corrected chi connectivity index (χ2v) is 2.57. The normalized spacial score (nSPS) is 9.64. The predicted octanol–water partition coefficient (Wildman–Crippen LogP) is 1.86. The van der Waals surface area contributed by atoms with Crippen molar-refractivity contribution in [2.75, 3.05) is 6.61 Å². The molecule has 0 spiro atoms. The van der Waals surface area contributed by atoms with Gasteiger partial charge in [0.1, 0.15) is 0 Å². The largest absolute Gasteiger partial charge is 0.454 e. The van der Waals surface area contributed by atoms with Gasteiger partial charge in [0.25, 0.3) is 0 Å². The van der Waals surface area contributed by atoms with Gasteiger partial charge in [-0.15, -0.1) is 6.58 Å². The molecule has 2 nitrogen and oxygen atoms in total. The summed E-state index contributed by atoms with van der Waals surface area (Å²) in [5, 5.41) is 9.14. The third-order valence-corrected chi connectivity index (χ3v) is 1.46. The molecule has 0 unspecified atom stereocenters. The first-order valence-corrected chi connectivity index (χ1v) is 4.21. The Hall–Kier alpha value is -0.275. The van der Waals surface area contributed by atoms with Gasteiger partial charge in [0.05, 0.1) is 0 Å². The first-order chi connectivity index (χ1) is 5.31. The average molecular weight is 156 g/mol. The van der Waals surface area contributed by atoms with E-state index in [4.69, 9.17) is 9.68 Å². The Morgan fingerprint density at radius 2 is 2.27 bits per heavy atom. The van der Waals surface area contributed by atoms with Crippen LogP contribution in [0.3, 0.4) is 0 Å². The summed E-state index contributed by atoms with van der Waals surface area (Å²) in [7, 11) is -0.598. The van der Waals surface area contributed by atoms with Crippen LogP contribution in [0.15, 0.2) is 12.7 Å². The molecule has 0 radical (unpaired) electrons. The molecular weight excluding hydrogens is 139 g/mol. The van der Waals surface area contributed by atoms with Gasteiger partial charge in [-0.2, -0.15) is 0 Å². The second kappa shape index (κ2) is 7.83. The summed E-state index contributed by atoms with van der Waals surface area (Å²) in [6, 6.07) is 0. The molecule has 0 saturated carbocycles. The quantitative estimate of drug-likeness (QED) is 0.346. The zero-order valence-electron chi connectivity index (χ0n) is 7.25. The molecule has 0 rings (SSSR count). The van der Waals surface area contributed by atoms with Crippen molar-refractivity contribution in [1.82, 2.24) is 0 Å². The van der Waals surface area contributed by atoms with Gasteiger partial charge >= 0.3 is 7.12 Å². The van der Waals surface area contributed by atoms with Crippen molar-refractivity contribution in [2.24, 2.45) is 0 Å². The third kappa shape index (κ3) is 7.62. The summed E-state index contributed by atoms with van der Waals surface area (Å²) in [6.07, 6.45) is 5.75. The molecule has 64 valence electrons. The van der Waals surface area contributed by atoms with Crippen LogP contribution >= 0.6 is 0 Å². The lowest BCUT2D eigenvalue weighted by atomic mass is 9.83. The summed E-state index contributed by atoms with van der Waals surface area (Å²) in [6.45, 7) is 6.07. The molecule has 0 aliphatic carbocycles. The van der Waals surface area contributed by atoms with Crippen LogP contribution in [0.2, 0.25) is 6.32 Å². The van der Waals surface area contributed by atoms with Gasteiger partial charge in [0, 0.05) is 6.61 Å². The second-order valence-electron chi connectivity index (χ2n) is 2.57. The Labute approximate surface area is 69.4 Å². The van der Waals surface area contributed by atoms with E-state index in [1.165, 1.54) is 6.42 Å². The first-order valence-electron chi connectivity index (χ1n) is 4.21. The summed E-state index contributed by atoms with van der Waals surface area (Å²) in [4.78, 5) is 0. The minimum Gasteiger partial charge on any atom is -0.427 e. The molecule has 1 N–H and O–H groups in total. The maximum atomic E-state index is 9.14. The fraction of sp³-hybridized carbons (Fsp3) is 0.750. The van der Waals surface area contributed by atoms with Crippen LogP contribution in [0, 0.1) is 0 Å². The molecule has 0 atom stereocenters. The van der Waals surface area contributed by atoms with Crippen LogP contribution in [-0.2, 0) is 4.65 Å². The molecule has 0 aromatic heterocycles. The van der Waals surface area contributed by atoms with Gasteiger partial charge in [-0.1, -0.05) is 32.3 Å². The lowest BCUT2D eigenvalue weighted by Crippen LogP contribution is -2.17. The first kappa shape index (κ1) is 10.7. The van der Waals surface area contributed by atoms with Crippen LogP contribution < -0.4 is 0 Å². The maximum Gasteiger partial charge on any atom is 0.454 e. The van der Waals surface area contributed by atoms with Crippen molar-refractivity contribution in [2.45, 2.75) is 32.5 Å². The molecule has 0 aliphatic rings. The average Bonchev–Trinajstić information content (AvgIpc) is 2.01. The fourth-order valence-corrected chi connectivity index (χ4v) is 0.831. The molecule has 0 saturated heterocycles. The molecular formula is C8H17BO2. The molecule has 3 heteroatoms. The Morgan fingerprint density at radius 3 is 2.82 bits per heavy atom. The Kier molecular flexibility index (Phi) is 7.63. The zero-order valence-corrected chi connectivity index (χ0v) is 7.25. The van der Waals surface area contributed by atoms with E-state index in [9.17, 15) is 0 Å². The number of rotatable bonds is 7. The van der Waals surface area contributed by atoms with E-state index in [1.807, 2.05) is 0 Å². The van der Waals surface area contributed by atoms with Crippen LogP contribution in [-0.4, -0.2) is 18.7 Å². The topological polar surface area (TPSA) is 29.5 Å². The van der Waals surface area contributed by atoms with Gasteiger partial charge in [0.2, 0.25) is 0 Å². The fourth-order valence-electron chi connectivity index (χ4n) is 0.831. The third-order valence-electron chi connectivity index (χ3n) is 1.46. The minimum absolute atomic E-state index is 0.438. The molecule has 0 amide bonds. The van der Waals surface area contributed by atoms with Crippen LogP contribution in [0.5, 0.6) is 0 Å². The van der Waals surface area contributed by atoms with Crippen molar-refractivity contribution in [1.29, 1.82) is 0 Å². The van der Waals surface area contributed by atoms with E-state index in [2.05, 4.69) is 13.5 Å². The highest BCUT2D eigenvalue weighted by Gasteiger charge is 2.09. The van der Waals surface area contributed by atoms with Crippen molar-refractivity contribution < 1.29 is 9.68 Å². The van der Waals surface area contributed by atoms with E-state index in [-0.39, 0.29) is 0 Å². The lowest BCUT2D eigenvalue weighted by molar-refractivity contribution is 0.289. The summed E-state index contributed by atoms with van der Waals surface area (Å²) >= 11 is 0. The Balaban J connectivity index is 3.08. The summed E-state index contributed by atoms with van der Waals surface area (Å²) in [5.74, 6) is 0. The maximum absolute atomic E-state index is 9.14. The van der Waals surface area contributed by atoms with E-state index < -0.39 is 7.12 Å². The van der Waals surface area contributed by atoms with Crippen molar-refractivity contribution >= 4 is 7.12 Å². The van der Waals surface area contributed by atoms with Gasteiger partial charge in [-0.25, -0.2) is 0 Å². The van der Waals surface area contributed by atoms with E-state index >= 15 is 0 Å². The van der Waals surface area contributed by atoms with E-state index in [1.54, 1.807) is 6.08 Å². The van der Waals surface area contributed by atoms with Crippen LogP contribution in [0.25, 0.3) is 0 Å². The van der Waals surface area contributed by atoms with Gasteiger partial charge in [0.15, 0.2) is 0 Å². The van der Waals surface area contributed by atoms with Crippen molar-refractivity contribution in [3.8, 4) is 0 Å². The molecule has 0 heterocycles. The highest BCUT2D eigenvalue weighted by molar-refractivity contribution is 6.42. The standard InChI is InChI=1S/C8H17BO2/c1-3-5-6-7-9(10)11-8-4-2/h4,10H,2-3,5-8H2,1H3. The van der Waals surface area contributed by atoms with Gasteiger partial charge < -0.3 is 9.68 Å². The number of unbranched alkanes of at least 4 members (excludes halogenated alkanes) is 2. The molecule has 0 bridgehead atoms. The summed E-state index contributed by atoms with van der Waals surface area (Å²) in [5.41, 5.74) is 0. The number of hydrogen-bond donors (Lipinski definition) is 1. The highest BCUT2D eigenvalue weighted by Crippen LogP contribution is 2.02. The molecule has 11 heavy (non-hydrogen) atoms. The molecule has 0 aliphatic heterocycles. The highest BCUT2D eigenvalue weighted by atomic mass is 16.5. The van der Waals surface area contributed by atoms with Crippen LogP contribution in [0.1, 0.15) is 26.2 Å². The number of hydrogen-bond acceptors (Lipinski definition) is 2. The molecule has 0 fully saturated rings. The van der Waals surface area contributed by atoms with E-state index in [0.717, 1.165) is 19.2 Å². The Morgan fingerprint density at radius 1 is 1.55 bits per heavy atom. The van der Waals surface area contributed by atoms with Crippen LogP contribution in [0.4, 0.5) is 0 Å². The minimum atomic E-state index is -0.598. The Bertz CT molecular complexity index is 96.1. The van der Waals surface area contributed by atoms with E-state index in [0.29, 0.717) is 6.61 Å². The van der Waals surface area contributed by atoms with Gasteiger partial charge in [-0.05, 0) is 6.32 Å². The predicted molar refractivity (Wildman–Crippen MR) is 48.5 cm³/mol. The van der Waals surface area contributed by atoms with Crippen molar-refractivity contribution in [3.63, 3.8) is 0 Å². The van der Waals surface area contributed by atoms with Crippen molar-refractivity contribution in [3.05, 3.63) is 12.7 Å². The zero-order chi connectivity index (χ0) is 8.53. The monoisotopic (exact) mass is 156 g/mol. The lowest BCUT2D eigenvalue weighted by Gasteiger charge is -2.04. The summed E-state index contributed by atoms with van der Waals surface area (Å²) < 4.78 is 4.98. The van der Waals surface area contributed by atoms with Gasteiger partial charge in [-0.3, -0.25) is 0 Å². The SMILES string of the molecule is C=CCOB(O)CCCCC.